The topological polar surface area (TPSA) is 53.5 Å². The van der Waals surface area contributed by atoms with Gasteiger partial charge in [-0.05, 0) is 50.7 Å². The van der Waals surface area contributed by atoms with Crippen molar-refractivity contribution in [2.45, 2.75) is 51.5 Å². The second kappa shape index (κ2) is 7.11. The Morgan fingerprint density at radius 1 is 1.30 bits per heavy atom. The molecule has 3 rings (SSSR count). The standard InChI is InChI=1S/C18H25N3O2/c1-14-7-9-19-13-16(14)18(23)21-11-3-2-5-15(21)8-12-20-10-4-6-17(20)22/h7,9,13,15H,2-6,8,10-12H2,1H3. The number of aryl methyl sites for hydroxylation is 1. The third-order valence-electron chi connectivity index (χ3n) is 5.06. The van der Waals surface area contributed by atoms with E-state index in [-0.39, 0.29) is 17.9 Å². The summed E-state index contributed by atoms with van der Waals surface area (Å²) < 4.78 is 0. The van der Waals surface area contributed by atoms with Crippen LogP contribution >= 0.6 is 0 Å². The van der Waals surface area contributed by atoms with Crippen molar-refractivity contribution >= 4 is 11.8 Å². The summed E-state index contributed by atoms with van der Waals surface area (Å²) in [7, 11) is 0. The monoisotopic (exact) mass is 315 g/mol. The van der Waals surface area contributed by atoms with Gasteiger partial charge in [0.1, 0.15) is 0 Å². The second-order valence-electron chi connectivity index (χ2n) is 6.61. The molecular formula is C18H25N3O2. The van der Waals surface area contributed by atoms with Crippen LogP contribution in [0.3, 0.4) is 0 Å². The molecule has 1 aromatic rings. The quantitative estimate of drug-likeness (QED) is 0.857. The Morgan fingerprint density at radius 3 is 2.91 bits per heavy atom. The Hall–Kier alpha value is -1.91. The maximum atomic E-state index is 12.9. The van der Waals surface area contributed by atoms with Crippen LogP contribution < -0.4 is 0 Å². The molecule has 2 amide bonds. The van der Waals surface area contributed by atoms with Crippen molar-refractivity contribution in [3.05, 3.63) is 29.6 Å². The van der Waals surface area contributed by atoms with Gasteiger partial charge in [-0.2, -0.15) is 0 Å². The summed E-state index contributed by atoms with van der Waals surface area (Å²) in [4.78, 5) is 32.7. The minimum atomic E-state index is 0.0908. The lowest BCUT2D eigenvalue weighted by Gasteiger charge is -2.37. The molecule has 23 heavy (non-hydrogen) atoms. The molecule has 1 unspecified atom stereocenters. The van der Waals surface area contributed by atoms with E-state index in [2.05, 4.69) is 4.98 Å². The fourth-order valence-corrected chi connectivity index (χ4v) is 3.66. The van der Waals surface area contributed by atoms with Gasteiger partial charge in [-0.3, -0.25) is 14.6 Å². The van der Waals surface area contributed by atoms with Gasteiger partial charge in [0.05, 0.1) is 5.56 Å². The van der Waals surface area contributed by atoms with E-state index < -0.39 is 0 Å². The molecule has 5 nitrogen and oxygen atoms in total. The molecule has 0 saturated carbocycles. The number of likely N-dealkylation sites (tertiary alicyclic amines) is 2. The number of aromatic nitrogens is 1. The minimum Gasteiger partial charge on any atom is -0.343 e. The van der Waals surface area contributed by atoms with E-state index in [1.165, 1.54) is 0 Å². The Balaban J connectivity index is 1.67. The average molecular weight is 315 g/mol. The first-order valence-corrected chi connectivity index (χ1v) is 8.66. The zero-order valence-electron chi connectivity index (χ0n) is 13.8. The number of hydrogen-bond acceptors (Lipinski definition) is 3. The Labute approximate surface area is 137 Å². The Bertz CT molecular complexity index is 587. The number of piperidine rings is 1. The predicted octanol–water partition coefficient (Wildman–Crippen LogP) is 2.40. The maximum absolute atomic E-state index is 12.9. The molecule has 2 fully saturated rings. The van der Waals surface area contributed by atoms with Gasteiger partial charge >= 0.3 is 0 Å². The number of hydrogen-bond donors (Lipinski definition) is 0. The highest BCUT2D eigenvalue weighted by Gasteiger charge is 2.29. The summed E-state index contributed by atoms with van der Waals surface area (Å²) in [5, 5.41) is 0. The van der Waals surface area contributed by atoms with Gasteiger partial charge in [0.2, 0.25) is 5.91 Å². The van der Waals surface area contributed by atoms with Gasteiger partial charge < -0.3 is 9.80 Å². The first-order valence-electron chi connectivity index (χ1n) is 8.66. The van der Waals surface area contributed by atoms with Crippen molar-refractivity contribution in [1.82, 2.24) is 14.8 Å². The largest absolute Gasteiger partial charge is 0.343 e. The molecule has 2 aliphatic rings. The molecule has 1 atom stereocenters. The highest BCUT2D eigenvalue weighted by molar-refractivity contribution is 5.95. The predicted molar refractivity (Wildman–Crippen MR) is 88.1 cm³/mol. The summed E-state index contributed by atoms with van der Waals surface area (Å²) >= 11 is 0. The van der Waals surface area contributed by atoms with Crippen molar-refractivity contribution in [3.63, 3.8) is 0 Å². The van der Waals surface area contributed by atoms with Gasteiger partial charge in [-0.15, -0.1) is 0 Å². The first kappa shape index (κ1) is 16.0. The molecule has 0 aromatic carbocycles. The maximum Gasteiger partial charge on any atom is 0.255 e. The normalized spacial score (nSPS) is 21.8. The number of carbonyl (C=O) groups excluding carboxylic acids is 2. The number of nitrogens with zero attached hydrogens (tertiary/aromatic N) is 3. The van der Waals surface area contributed by atoms with Crippen molar-refractivity contribution < 1.29 is 9.59 Å². The van der Waals surface area contributed by atoms with E-state index in [1.807, 2.05) is 22.8 Å². The minimum absolute atomic E-state index is 0.0908. The zero-order valence-corrected chi connectivity index (χ0v) is 13.8. The third-order valence-corrected chi connectivity index (χ3v) is 5.06. The third kappa shape index (κ3) is 3.54. The lowest BCUT2D eigenvalue weighted by molar-refractivity contribution is -0.127. The fourth-order valence-electron chi connectivity index (χ4n) is 3.66. The van der Waals surface area contributed by atoms with Crippen LogP contribution in [0.2, 0.25) is 0 Å². The van der Waals surface area contributed by atoms with Crippen LogP contribution in [-0.4, -0.2) is 52.3 Å². The average Bonchev–Trinajstić information content (AvgIpc) is 2.98. The second-order valence-corrected chi connectivity index (χ2v) is 6.61. The van der Waals surface area contributed by atoms with Crippen LogP contribution in [-0.2, 0) is 4.79 Å². The summed E-state index contributed by atoms with van der Waals surface area (Å²) in [6.07, 6.45) is 9.19. The molecule has 0 radical (unpaired) electrons. The lowest BCUT2D eigenvalue weighted by atomic mass is 9.97. The molecule has 2 aliphatic heterocycles. The highest BCUT2D eigenvalue weighted by atomic mass is 16.2. The highest BCUT2D eigenvalue weighted by Crippen LogP contribution is 2.24. The van der Waals surface area contributed by atoms with Gasteiger partial charge in [0, 0.05) is 44.5 Å². The number of pyridine rings is 1. The molecular weight excluding hydrogens is 290 g/mol. The van der Waals surface area contributed by atoms with E-state index in [0.29, 0.717) is 12.0 Å². The zero-order chi connectivity index (χ0) is 16.2. The van der Waals surface area contributed by atoms with Gasteiger partial charge in [0.15, 0.2) is 0 Å². The van der Waals surface area contributed by atoms with E-state index >= 15 is 0 Å². The molecule has 0 spiro atoms. The Kier molecular flexibility index (Phi) is 4.94. The summed E-state index contributed by atoms with van der Waals surface area (Å²) in [6, 6.07) is 2.12. The molecule has 0 bridgehead atoms. The van der Waals surface area contributed by atoms with E-state index in [4.69, 9.17) is 0 Å². The molecule has 1 aromatic heterocycles. The van der Waals surface area contributed by atoms with E-state index in [0.717, 1.165) is 57.3 Å². The smallest absolute Gasteiger partial charge is 0.255 e. The van der Waals surface area contributed by atoms with Gasteiger partial charge in [-0.25, -0.2) is 0 Å². The molecule has 5 heteroatoms. The molecule has 0 N–H and O–H groups in total. The molecule has 0 aliphatic carbocycles. The van der Waals surface area contributed by atoms with Gasteiger partial charge in [0.25, 0.3) is 5.91 Å². The van der Waals surface area contributed by atoms with E-state index in [9.17, 15) is 9.59 Å². The summed E-state index contributed by atoms with van der Waals surface area (Å²) in [6.45, 7) is 4.42. The summed E-state index contributed by atoms with van der Waals surface area (Å²) in [5.74, 6) is 0.356. The van der Waals surface area contributed by atoms with Crippen LogP contribution in [0.4, 0.5) is 0 Å². The van der Waals surface area contributed by atoms with Crippen molar-refractivity contribution in [2.24, 2.45) is 0 Å². The number of carbonyl (C=O) groups is 2. The summed E-state index contributed by atoms with van der Waals surface area (Å²) in [5.41, 5.74) is 1.68. The molecule has 2 saturated heterocycles. The van der Waals surface area contributed by atoms with E-state index in [1.54, 1.807) is 12.4 Å². The first-order chi connectivity index (χ1) is 11.2. The van der Waals surface area contributed by atoms with Crippen LogP contribution in [0, 0.1) is 6.92 Å². The Morgan fingerprint density at radius 2 is 2.17 bits per heavy atom. The van der Waals surface area contributed by atoms with Gasteiger partial charge in [-0.1, -0.05) is 0 Å². The molecule has 124 valence electrons. The van der Waals surface area contributed by atoms with Crippen LogP contribution in [0.5, 0.6) is 0 Å². The number of rotatable bonds is 4. The van der Waals surface area contributed by atoms with Crippen molar-refractivity contribution in [3.8, 4) is 0 Å². The lowest BCUT2D eigenvalue weighted by Crippen LogP contribution is -2.45. The van der Waals surface area contributed by atoms with Crippen LogP contribution in [0.25, 0.3) is 0 Å². The van der Waals surface area contributed by atoms with Crippen LogP contribution in [0.15, 0.2) is 18.5 Å². The van der Waals surface area contributed by atoms with Crippen molar-refractivity contribution in [2.75, 3.05) is 19.6 Å². The van der Waals surface area contributed by atoms with Crippen LogP contribution in [0.1, 0.15) is 54.4 Å². The SMILES string of the molecule is Cc1ccncc1C(=O)N1CCCCC1CCN1CCCC1=O. The number of amides is 2. The fraction of sp³-hybridized carbons (Fsp3) is 0.611. The molecule has 3 heterocycles. The van der Waals surface area contributed by atoms with Crippen molar-refractivity contribution in [1.29, 1.82) is 0 Å².